The van der Waals surface area contributed by atoms with Crippen LogP contribution in [0.25, 0.3) is 16.7 Å². The highest BCUT2D eigenvalue weighted by molar-refractivity contribution is 7.99. The minimum absolute atomic E-state index is 0.233. The van der Waals surface area contributed by atoms with Crippen LogP contribution in [0.1, 0.15) is 13.8 Å². The fraction of sp³-hybridized carbons (Fsp3) is 0.294. The van der Waals surface area contributed by atoms with E-state index in [1.54, 1.807) is 13.8 Å². The summed E-state index contributed by atoms with van der Waals surface area (Å²) in [6, 6.07) is 9.26. The van der Waals surface area contributed by atoms with Gasteiger partial charge < -0.3 is 4.74 Å². The highest BCUT2D eigenvalue weighted by Gasteiger charge is 2.18. The third-order valence-corrected chi connectivity index (χ3v) is 4.86. The van der Waals surface area contributed by atoms with E-state index in [2.05, 4.69) is 15.1 Å². The van der Waals surface area contributed by atoms with E-state index in [9.17, 15) is 9.59 Å². The Hall–Kier alpha value is -2.61. The maximum absolute atomic E-state index is 12.6. The van der Waals surface area contributed by atoms with Gasteiger partial charge in [0.2, 0.25) is 0 Å². The molecule has 0 radical (unpaired) electrons. The summed E-state index contributed by atoms with van der Waals surface area (Å²) in [5, 5.41) is 3.70. The molecule has 1 aromatic carbocycles. The largest absolute Gasteiger partial charge is 0.466 e. The number of hydrogen-bond acceptors (Lipinski definition) is 6. The van der Waals surface area contributed by atoms with Crippen molar-refractivity contribution in [3.8, 4) is 5.69 Å². The van der Waals surface area contributed by atoms with Crippen molar-refractivity contribution in [3.05, 3.63) is 47.0 Å². The Balaban J connectivity index is 1.90. The Morgan fingerprint density at radius 1 is 1.32 bits per heavy atom. The van der Waals surface area contributed by atoms with Crippen LogP contribution in [0.15, 0.2) is 46.5 Å². The molecule has 0 saturated carbocycles. The number of nitrogens with zero attached hydrogens (tertiary/aromatic N) is 3. The van der Waals surface area contributed by atoms with Crippen LogP contribution in [0.4, 0.5) is 0 Å². The number of thioether (sulfide) groups is 1. The number of carbonyl (C=O) groups excluding carboxylic acids is 1. The predicted octanol–water partition coefficient (Wildman–Crippen LogP) is 2.40. The molecular weight excluding hydrogens is 340 g/mol. The lowest BCUT2D eigenvalue weighted by molar-refractivity contribution is -0.146. The number of aromatic nitrogens is 4. The molecule has 0 aliphatic carbocycles. The zero-order valence-corrected chi connectivity index (χ0v) is 14.7. The number of nitrogens with one attached hydrogen (secondary N) is 1. The van der Waals surface area contributed by atoms with Crippen molar-refractivity contribution < 1.29 is 9.53 Å². The van der Waals surface area contributed by atoms with Gasteiger partial charge in [0.05, 0.1) is 18.2 Å². The molecule has 2 heterocycles. The maximum Gasteiger partial charge on any atom is 0.309 e. The Morgan fingerprint density at radius 2 is 2.08 bits per heavy atom. The number of fused-ring (bicyclic) bond motifs is 1. The lowest BCUT2D eigenvalue weighted by atomic mass is 10.2. The molecule has 8 heteroatoms. The van der Waals surface area contributed by atoms with Crippen LogP contribution in [-0.4, -0.2) is 38.1 Å². The lowest BCUT2D eigenvalue weighted by Crippen LogP contribution is -2.16. The summed E-state index contributed by atoms with van der Waals surface area (Å²) >= 11 is 1.39. The quantitative estimate of drug-likeness (QED) is 0.413. The van der Waals surface area contributed by atoms with E-state index in [0.29, 0.717) is 28.4 Å². The fourth-order valence-corrected chi connectivity index (χ4v) is 3.28. The van der Waals surface area contributed by atoms with Gasteiger partial charge in [-0.05, 0) is 19.1 Å². The van der Waals surface area contributed by atoms with Gasteiger partial charge in [0.25, 0.3) is 5.56 Å². The molecule has 0 aliphatic heterocycles. The molecule has 1 N–H and O–H groups in total. The summed E-state index contributed by atoms with van der Waals surface area (Å²) in [4.78, 5) is 32.7. The first kappa shape index (κ1) is 17.2. The normalized spacial score (nSPS) is 12.2. The fourth-order valence-electron chi connectivity index (χ4n) is 2.33. The molecule has 1 atom stereocenters. The molecule has 25 heavy (non-hydrogen) atoms. The first-order valence-corrected chi connectivity index (χ1v) is 8.91. The first-order chi connectivity index (χ1) is 12.1. The summed E-state index contributed by atoms with van der Waals surface area (Å²) in [6.07, 6.45) is 1.37. The van der Waals surface area contributed by atoms with Crippen LogP contribution in [0.5, 0.6) is 0 Å². The molecule has 0 saturated heterocycles. The van der Waals surface area contributed by atoms with E-state index in [1.165, 1.54) is 22.8 Å². The molecule has 130 valence electrons. The van der Waals surface area contributed by atoms with Crippen LogP contribution in [-0.2, 0) is 9.53 Å². The summed E-state index contributed by atoms with van der Waals surface area (Å²) in [5.74, 6) is -0.00251. The van der Waals surface area contributed by atoms with Crippen molar-refractivity contribution in [1.29, 1.82) is 0 Å². The third-order valence-electron chi connectivity index (χ3n) is 3.62. The second-order valence-corrected chi connectivity index (χ2v) is 6.46. The number of para-hydroxylation sites is 1. The van der Waals surface area contributed by atoms with Crippen molar-refractivity contribution in [2.45, 2.75) is 18.9 Å². The van der Waals surface area contributed by atoms with Gasteiger partial charge in [-0.3, -0.25) is 14.7 Å². The molecular formula is C17H18N4O3S. The molecule has 0 amide bonds. The average Bonchev–Trinajstić information content (AvgIpc) is 2.98. The summed E-state index contributed by atoms with van der Waals surface area (Å²) in [5.41, 5.74) is 1.38. The zero-order chi connectivity index (χ0) is 17.8. The van der Waals surface area contributed by atoms with Gasteiger partial charge in [-0.25, -0.2) is 14.6 Å². The zero-order valence-electron chi connectivity index (χ0n) is 13.9. The minimum Gasteiger partial charge on any atom is -0.466 e. The van der Waals surface area contributed by atoms with Crippen LogP contribution in [0, 0.1) is 5.92 Å². The van der Waals surface area contributed by atoms with Gasteiger partial charge in [-0.2, -0.15) is 0 Å². The van der Waals surface area contributed by atoms with E-state index in [4.69, 9.17) is 4.74 Å². The van der Waals surface area contributed by atoms with Crippen LogP contribution in [0.2, 0.25) is 0 Å². The van der Waals surface area contributed by atoms with Crippen molar-refractivity contribution in [3.63, 3.8) is 0 Å². The first-order valence-electron chi connectivity index (χ1n) is 7.92. The Morgan fingerprint density at radius 3 is 2.80 bits per heavy atom. The van der Waals surface area contributed by atoms with E-state index in [1.807, 2.05) is 30.3 Å². The number of esters is 1. The van der Waals surface area contributed by atoms with Gasteiger partial charge in [0.1, 0.15) is 16.9 Å². The SMILES string of the molecule is CCOC(=O)C(C)CSc1ncnc2c(=O)n(-c3ccccc3)[nH]c12. The highest BCUT2D eigenvalue weighted by atomic mass is 32.2. The Labute approximate surface area is 148 Å². The van der Waals surface area contributed by atoms with Gasteiger partial charge in [0, 0.05) is 5.75 Å². The van der Waals surface area contributed by atoms with Crippen molar-refractivity contribution in [2.24, 2.45) is 5.92 Å². The number of hydrogen-bond donors (Lipinski definition) is 1. The van der Waals surface area contributed by atoms with Gasteiger partial charge in [-0.15, -0.1) is 11.8 Å². The smallest absolute Gasteiger partial charge is 0.309 e. The van der Waals surface area contributed by atoms with Crippen LogP contribution in [0.3, 0.4) is 0 Å². The van der Waals surface area contributed by atoms with E-state index in [0.717, 1.165) is 5.69 Å². The lowest BCUT2D eigenvalue weighted by Gasteiger charge is -2.09. The van der Waals surface area contributed by atoms with Gasteiger partial charge >= 0.3 is 5.97 Å². The van der Waals surface area contributed by atoms with Crippen molar-refractivity contribution in [2.75, 3.05) is 12.4 Å². The van der Waals surface area contributed by atoms with Gasteiger partial charge in [-0.1, -0.05) is 25.1 Å². The number of aromatic amines is 1. The second kappa shape index (κ2) is 7.52. The average molecular weight is 358 g/mol. The summed E-state index contributed by atoms with van der Waals surface area (Å²) < 4.78 is 6.46. The second-order valence-electron chi connectivity index (χ2n) is 5.45. The predicted molar refractivity (Wildman–Crippen MR) is 96.0 cm³/mol. The van der Waals surface area contributed by atoms with Crippen LogP contribution < -0.4 is 5.56 Å². The molecule has 0 aliphatic rings. The minimum atomic E-state index is -0.266. The molecule has 0 fully saturated rings. The molecule has 0 bridgehead atoms. The molecule has 0 spiro atoms. The molecule has 3 aromatic rings. The summed E-state index contributed by atoms with van der Waals surface area (Å²) in [7, 11) is 0. The number of carbonyl (C=O) groups is 1. The number of benzene rings is 1. The molecule has 7 nitrogen and oxygen atoms in total. The van der Waals surface area contributed by atoms with E-state index >= 15 is 0 Å². The number of ether oxygens (including phenoxy) is 1. The Bertz CT molecular complexity index is 936. The topological polar surface area (TPSA) is 89.9 Å². The standard InChI is InChI=1S/C17H18N4O3S/c1-3-24-17(23)11(2)9-25-15-13-14(18-10-19-15)16(22)21(20-13)12-7-5-4-6-8-12/h4-8,10-11,20H,3,9H2,1-2H3. The van der Waals surface area contributed by atoms with Crippen molar-refractivity contribution in [1.82, 2.24) is 19.7 Å². The van der Waals surface area contributed by atoms with Gasteiger partial charge in [0.15, 0.2) is 5.52 Å². The summed E-state index contributed by atoms with van der Waals surface area (Å²) in [6.45, 7) is 3.95. The third kappa shape index (κ3) is 3.58. The molecule has 1 unspecified atom stereocenters. The highest BCUT2D eigenvalue weighted by Crippen LogP contribution is 2.24. The number of H-pyrrole nitrogens is 1. The Kier molecular flexibility index (Phi) is 5.18. The van der Waals surface area contributed by atoms with Crippen LogP contribution >= 0.6 is 11.8 Å². The maximum atomic E-state index is 12.6. The van der Waals surface area contributed by atoms with Crippen molar-refractivity contribution >= 4 is 28.8 Å². The molecule has 2 aromatic heterocycles. The van der Waals surface area contributed by atoms with E-state index in [-0.39, 0.29) is 17.4 Å². The monoisotopic (exact) mass is 358 g/mol. The van der Waals surface area contributed by atoms with E-state index < -0.39 is 0 Å². The number of rotatable bonds is 6. The molecule has 3 rings (SSSR count).